The van der Waals surface area contributed by atoms with E-state index >= 15 is 0 Å². The highest BCUT2D eigenvalue weighted by Gasteiger charge is 2.07. The Bertz CT molecular complexity index is 502. The smallest absolute Gasteiger partial charge is 0.251 e. The molecule has 3 N–H and O–H groups in total. The summed E-state index contributed by atoms with van der Waals surface area (Å²) >= 11 is 0. The number of rotatable bonds is 3. The summed E-state index contributed by atoms with van der Waals surface area (Å²) in [5.41, 5.74) is 7.69. The maximum absolute atomic E-state index is 11.8. The van der Waals surface area contributed by atoms with Crippen molar-refractivity contribution in [1.82, 2.24) is 15.5 Å². The van der Waals surface area contributed by atoms with Crippen LogP contribution in [0.3, 0.4) is 0 Å². The van der Waals surface area contributed by atoms with Crippen molar-refractivity contribution in [3.05, 3.63) is 41.5 Å². The molecule has 2 aromatic rings. The highest BCUT2D eigenvalue weighted by atomic mass is 16.5. The molecule has 0 saturated carbocycles. The van der Waals surface area contributed by atoms with E-state index in [1.54, 1.807) is 18.2 Å². The van der Waals surface area contributed by atoms with Crippen molar-refractivity contribution in [1.29, 1.82) is 0 Å². The average molecular weight is 232 g/mol. The van der Waals surface area contributed by atoms with Crippen molar-refractivity contribution in [3.8, 4) is 0 Å². The maximum atomic E-state index is 11.8. The topological polar surface area (TPSA) is 94.0 Å². The number of hydrogen-bond acceptors (Lipinski definition) is 5. The van der Waals surface area contributed by atoms with Crippen molar-refractivity contribution >= 4 is 11.6 Å². The fourth-order valence-electron chi connectivity index (χ4n) is 1.48. The lowest BCUT2D eigenvalue weighted by molar-refractivity contribution is 0.0949. The first kappa shape index (κ1) is 11.1. The van der Waals surface area contributed by atoms with Gasteiger partial charge in [-0.15, -0.1) is 0 Å². The van der Waals surface area contributed by atoms with E-state index in [2.05, 4.69) is 20.0 Å². The molecule has 0 radical (unpaired) electrons. The molecular weight excluding hydrogens is 220 g/mol. The second kappa shape index (κ2) is 4.65. The van der Waals surface area contributed by atoms with E-state index in [1.165, 1.54) is 6.39 Å². The van der Waals surface area contributed by atoms with Crippen LogP contribution < -0.4 is 11.1 Å². The maximum Gasteiger partial charge on any atom is 0.251 e. The Morgan fingerprint density at radius 1 is 1.47 bits per heavy atom. The molecule has 0 spiro atoms. The van der Waals surface area contributed by atoms with E-state index in [9.17, 15) is 4.79 Å². The number of nitrogens with zero attached hydrogens (tertiary/aromatic N) is 2. The Morgan fingerprint density at radius 3 is 2.94 bits per heavy atom. The summed E-state index contributed by atoms with van der Waals surface area (Å²) < 4.78 is 4.56. The third-order valence-corrected chi connectivity index (χ3v) is 2.18. The molecule has 1 aromatic heterocycles. The van der Waals surface area contributed by atoms with E-state index in [0.29, 0.717) is 17.1 Å². The van der Waals surface area contributed by atoms with Crippen LogP contribution in [0, 0.1) is 6.92 Å². The van der Waals surface area contributed by atoms with Gasteiger partial charge in [0.2, 0.25) is 6.39 Å². The first-order valence-corrected chi connectivity index (χ1v) is 5.06. The molecule has 6 heteroatoms. The zero-order chi connectivity index (χ0) is 12.3. The van der Waals surface area contributed by atoms with E-state index in [-0.39, 0.29) is 12.5 Å². The number of hydrogen-bond donors (Lipinski definition) is 2. The molecule has 0 saturated heterocycles. The predicted octanol–water partition coefficient (Wildman–Crippen LogP) is 0.890. The number of aryl methyl sites for hydroxylation is 1. The number of nitrogens with two attached hydrogens (primary N) is 1. The number of nitrogens with one attached hydrogen (secondary N) is 1. The second-order valence-electron chi connectivity index (χ2n) is 3.66. The zero-order valence-corrected chi connectivity index (χ0v) is 9.30. The molecule has 1 heterocycles. The van der Waals surface area contributed by atoms with Gasteiger partial charge in [-0.1, -0.05) is 5.16 Å². The predicted molar refractivity (Wildman–Crippen MR) is 61.1 cm³/mol. The van der Waals surface area contributed by atoms with Gasteiger partial charge in [0.05, 0.1) is 6.54 Å². The number of carbonyl (C=O) groups excluding carboxylic acids is 1. The number of nitrogen functional groups attached to an aromatic ring is 1. The molecule has 0 atom stereocenters. The van der Waals surface area contributed by atoms with Crippen LogP contribution in [-0.4, -0.2) is 16.0 Å². The van der Waals surface area contributed by atoms with Gasteiger partial charge in [-0.25, -0.2) is 0 Å². The Balaban J connectivity index is 2.04. The van der Waals surface area contributed by atoms with Crippen LogP contribution in [0.1, 0.15) is 21.7 Å². The van der Waals surface area contributed by atoms with Crippen LogP contribution in [0.25, 0.3) is 0 Å². The normalized spacial score (nSPS) is 10.2. The molecule has 2 rings (SSSR count). The zero-order valence-electron chi connectivity index (χ0n) is 9.30. The van der Waals surface area contributed by atoms with Gasteiger partial charge in [0.25, 0.3) is 5.91 Å². The molecule has 88 valence electrons. The van der Waals surface area contributed by atoms with Crippen LogP contribution in [0.5, 0.6) is 0 Å². The standard InChI is InChI=1S/C11H12N4O2/c1-7-2-8(4-9(12)3-7)11(16)13-5-10-14-6-17-15-10/h2-4,6H,5,12H2,1H3,(H,13,16). The van der Waals surface area contributed by atoms with Crippen molar-refractivity contribution < 1.29 is 9.32 Å². The third-order valence-electron chi connectivity index (χ3n) is 2.18. The largest absolute Gasteiger partial charge is 0.399 e. The minimum atomic E-state index is -0.217. The Morgan fingerprint density at radius 2 is 2.29 bits per heavy atom. The minimum Gasteiger partial charge on any atom is -0.399 e. The summed E-state index contributed by atoms with van der Waals surface area (Å²) in [6.45, 7) is 2.11. The Hall–Kier alpha value is -2.37. The Labute approximate surface area is 97.8 Å². The molecule has 0 aliphatic heterocycles. The highest BCUT2D eigenvalue weighted by molar-refractivity contribution is 5.95. The SMILES string of the molecule is Cc1cc(N)cc(C(=O)NCc2ncon2)c1. The fraction of sp³-hybridized carbons (Fsp3) is 0.182. The lowest BCUT2D eigenvalue weighted by Crippen LogP contribution is -2.23. The van der Waals surface area contributed by atoms with E-state index in [1.807, 2.05) is 6.92 Å². The van der Waals surface area contributed by atoms with Gasteiger partial charge in [0, 0.05) is 11.3 Å². The highest BCUT2D eigenvalue weighted by Crippen LogP contribution is 2.11. The van der Waals surface area contributed by atoms with Crippen LogP contribution >= 0.6 is 0 Å². The summed E-state index contributed by atoms with van der Waals surface area (Å²) in [4.78, 5) is 15.6. The van der Waals surface area contributed by atoms with Gasteiger partial charge < -0.3 is 15.6 Å². The molecule has 0 fully saturated rings. The molecule has 0 aliphatic carbocycles. The van der Waals surface area contributed by atoms with E-state index in [4.69, 9.17) is 5.73 Å². The number of benzene rings is 1. The van der Waals surface area contributed by atoms with Gasteiger partial charge >= 0.3 is 0 Å². The molecule has 0 unspecified atom stereocenters. The van der Waals surface area contributed by atoms with Gasteiger partial charge in [0.1, 0.15) is 0 Å². The molecule has 17 heavy (non-hydrogen) atoms. The number of amides is 1. The van der Waals surface area contributed by atoms with Crippen molar-refractivity contribution in [2.75, 3.05) is 5.73 Å². The van der Waals surface area contributed by atoms with Crippen LogP contribution in [0.2, 0.25) is 0 Å². The monoisotopic (exact) mass is 232 g/mol. The number of anilines is 1. The molecule has 0 bridgehead atoms. The lowest BCUT2D eigenvalue weighted by Gasteiger charge is -2.05. The van der Waals surface area contributed by atoms with E-state index in [0.717, 1.165) is 5.56 Å². The molecule has 0 aliphatic rings. The van der Waals surface area contributed by atoms with E-state index < -0.39 is 0 Å². The van der Waals surface area contributed by atoms with Crippen molar-refractivity contribution in [2.24, 2.45) is 0 Å². The first-order valence-electron chi connectivity index (χ1n) is 5.06. The first-order chi connectivity index (χ1) is 8.15. The Kier molecular flexibility index (Phi) is 3.04. The van der Waals surface area contributed by atoms with Gasteiger partial charge in [0.15, 0.2) is 5.82 Å². The molecular formula is C11H12N4O2. The summed E-state index contributed by atoms with van der Waals surface area (Å²) in [6, 6.07) is 5.19. The van der Waals surface area contributed by atoms with Crippen LogP contribution in [0.4, 0.5) is 5.69 Å². The fourth-order valence-corrected chi connectivity index (χ4v) is 1.48. The summed E-state index contributed by atoms with van der Waals surface area (Å²) in [6.07, 6.45) is 1.21. The van der Waals surface area contributed by atoms with Crippen LogP contribution in [0.15, 0.2) is 29.1 Å². The second-order valence-corrected chi connectivity index (χ2v) is 3.66. The van der Waals surface area contributed by atoms with Crippen LogP contribution in [-0.2, 0) is 6.54 Å². The molecule has 6 nitrogen and oxygen atoms in total. The summed E-state index contributed by atoms with van der Waals surface area (Å²) in [7, 11) is 0. The van der Waals surface area contributed by atoms with Crippen molar-refractivity contribution in [2.45, 2.75) is 13.5 Å². The summed E-state index contributed by atoms with van der Waals surface area (Å²) in [5.74, 6) is 0.212. The minimum absolute atomic E-state index is 0.217. The van der Waals surface area contributed by atoms with Crippen molar-refractivity contribution in [3.63, 3.8) is 0 Å². The molecule has 1 aromatic carbocycles. The quantitative estimate of drug-likeness (QED) is 0.766. The average Bonchev–Trinajstić information content (AvgIpc) is 2.77. The lowest BCUT2D eigenvalue weighted by atomic mass is 10.1. The molecule has 1 amide bonds. The summed E-state index contributed by atoms with van der Waals surface area (Å²) in [5, 5.41) is 6.27. The number of carbonyl (C=O) groups is 1. The van der Waals surface area contributed by atoms with Gasteiger partial charge in [-0.05, 0) is 30.7 Å². The van der Waals surface area contributed by atoms with Gasteiger partial charge in [-0.2, -0.15) is 4.98 Å². The third kappa shape index (κ3) is 2.81. The van der Waals surface area contributed by atoms with Gasteiger partial charge in [-0.3, -0.25) is 4.79 Å². The number of aromatic nitrogens is 2.